The predicted molar refractivity (Wildman–Crippen MR) is 69.6 cm³/mol. The van der Waals surface area contributed by atoms with Gasteiger partial charge in [-0.1, -0.05) is 32.1 Å². The van der Waals surface area contributed by atoms with Gasteiger partial charge in [0.05, 0.1) is 5.35 Å². The third kappa shape index (κ3) is 7.52. The minimum Gasteiger partial charge on any atom is -0.257 e. The number of hydrogen-bond acceptors (Lipinski definition) is 1. The van der Waals surface area contributed by atoms with Crippen LogP contribution in [0.1, 0.15) is 34.6 Å². The molecule has 15 heavy (non-hydrogen) atoms. The molecule has 0 aliphatic carbocycles. The highest BCUT2D eigenvalue weighted by molar-refractivity contribution is 5.24. The molecule has 0 bridgehead atoms. The number of terminal acetylenes is 1. The smallest absolute Gasteiger partial charge is 0.0656 e. The SMILES string of the molecule is C#CC.C/C=c1/cccn/c1=C/C.CC. The third-order valence-corrected chi connectivity index (χ3v) is 1.46. The lowest BCUT2D eigenvalue weighted by atomic mass is 10.3. The summed E-state index contributed by atoms with van der Waals surface area (Å²) in [5.74, 6) is 2.25. The maximum atomic E-state index is 4.60. The van der Waals surface area contributed by atoms with Crippen LogP contribution in [-0.4, -0.2) is 4.98 Å². The van der Waals surface area contributed by atoms with Crippen molar-refractivity contribution in [1.29, 1.82) is 0 Å². The topological polar surface area (TPSA) is 12.9 Å². The number of pyridine rings is 1. The second-order valence-corrected chi connectivity index (χ2v) is 2.34. The molecular formula is C14H21N. The van der Waals surface area contributed by atoms with Gasteiger partial charge in [-0.2, -0.15) is 0 Å². The lowest BCUT2D eigenvalue weighted by molar-refractivity contribution is 1.21. The summed E-state index contributed by atoms with van der Waals surface area (Å²) >= 11 is 0. The monoisotopic (exact) mass is 203 g/mol. The van der Waals surface area contributed by atoms with Gasteiger partial charge >= 0.3 is 0 Å². The van der Waals surface area contributed by atoms with E-state index in [0.717, 1.165) is 5.35 Å². The van der Waals surface area contributed by atoms with Gasteiger partial charge in [-0.3, -0.25) is 4.98 Å². The summed E-state index contributed by atoms with van der Waals surface area (Å²) in [5.41, 5.74) is 0. The molecule has 0 saturated carbocycles. The van der Waals surface area contributed by atoms with Gasteiger partial charge in [0.1, 0.15) is 0 Å². The highest BCUT2D eigenvalue weighted by Gasteiger charge is 1.78. The highest BCUT2D eigenvalue weighted by atomic mass is 14.6. The van der Waals surface area contributed by atoms with E-state index >= 15 is 0 Å². The molecule has 0 saturated heterocycles. The first-order valence-corrected chi connectivity index (χ1v) is 5.21. The van der Waals surface area contributed by atoms with Gasteiger partial charge < -0.3 is 0 Å². The van der Waals surface area contributed by atoms with Crippen molar-refractivity contribution >= 4 is 12.2 Å². The number of aromatic nitrogens is 1. The van der Waals surface area contributed by atoms with E-state index in [0.29, 0.717) is 0 Å². The summed E-state index contributed by atoms with van der Waals surface area (Å²) in [4.78, 5) is 4.18. The minimum atomic E-state index is 1.06. The Labute approximate surface area is 93.6 Å². The van der Waals surface area contributed by atoms with Crippen molar-refractivity contribution in [3.8, 4) is 12.3 Å². The molecule has 1 heterocycles. The lowest BCUT2D eigenvalue weighted by Crippen LogP contribution is -2.26. The second-order valence-electron chi connectivity index (χ2n) is 2.34. The standard InChI is InChI=1S/C9H11N.C3H4.C2H6/c1-3-8-6-5-7-10-9(8)4-2;1-3-2;1-2/h3-7H,1-2H3;1H,2H3;1-2H3/b8-3-,9-4+;;. The third-order valence-electron chi connectivity index (χ3n) is 1.46. The second kappa shape index (κ2) is 12.4. The van der Waals surface area contributed by atoms with Crippen molar-refractivity contribution in [2.75, 3.05) is 0 Å². The van der Waals surface area contributed by atoms with Crippen LogP contribution in [0.25, 0.3) is 12.2 Å². The van der Waals surface area contributed by atoms with E-state index in [1.54, 1.807) is 6.92 Å². The van der Waals surface area contributed by atoms with Crippen LogP contribution in [0.5, 0.6) is 0 Å². The Hall–Kier alpha value is -1.55. The van der Waals surface area contributed by atoms with E-state index in [4.69, 9.17) is 0 Å². The molecule has 0 unspecified atom stereocenters. The zero-order valence-electron chi connectivity index (χ0n) is 10.4. The first-order valence-electron chi connectivity index (χ1n) is 5.21. The van der Waals surface area contributed by atoms with Crippen molar-refractivity contribution in [3.63, 3.8) is 0 Å². The number of hydrogen-bond donors (Lipinski definition) is 0. The Morgan fingerprint density at radius 3 is 2.13 bits per heavy atom. The molecule has 1 aromatic heterocycles. The van der Waals surface area contributed by atoms with E-state index in [9.17, 15) is 0 Å². The van der Waals surface area contributed by atoms with E-state index in [1.807, 2.05) is 46.0 Å². The van der Waals surface area contributed by atoms with E-state index in [2.05, 4.69) is 29.5 Å². The number of rotatable bonds is 0. The molecule has 82 valence electrons. The van der Waals surface area contributed by atoms with E-state index < -0.39 is 0 Å². The average molecular weight is 203 g/mol. The van der Waals surface area contributed by atoms with Crippen LogP contribution in [0.3, 0.4) is 0 Å². The quantitative estimate of drug-likeness (QED) is 0.590. The molecule has 0 amide bonds. The van der Waals surface area contributed by atoms with Crippen molar-refractivity contribution in [2.24, 2.45) is 0 Å². The zero-order chi connectivity index (χ0) is 12.1. The molecule has 0 spiro atoms. The van der Waals surface area contributed by atoms with Crippen LogP contribution >= 0.6 is 0 Å². The van der Waals surface area contributed by atoms with Crippen LogP contribution in [0.4, 0.5) is 0 Å². The van der Waals surface area contributed by atoms with Gasteiger partial charge in [0.15, 0.2) is 0 Å². The molecule has 0 atom stereocenters. The minimum absolute atomic E-state index is 1.06. The Morgan fingerprint density at radius 2 is 1.80 bits per heavy atom. The maximum absolute atomic E-state index is 4.60. The summed E-state index contributed by atoms with van der Waals surface area (Å²) in [7, 11) is 0. The summed E-state index contributed by atoms with van der Waals surface area (Å²) in [6, 6.07) is 4.00. The summed E-state index contributed by atoms with van der Waals surface area (Å²) < 4.78 is 0. The molecule has 0 radical (unpaired) electrons. The maximum Gasteiger partial charge on any atom is 0.0656 e. The first-order chi connectivity index (χ1) is 7.29. The number of nitrogens with zero attached hydrogens (tertiary/aromatic N) is 1. The molecule has 1 aromatic rings. The fourth-order valence-corrected chi connectivity index (χ4v) is 0.915. The van der Waals surface area contributed by atoms with Gasteiger partial charge in [-0.05, 0) is 32.1 Å². The van der Waals surface area contributed by atoms with Crippen LogP contribution < -0.4 is 10.6 Å². The van der Waals surface area contributed by atoms with Crippen LogP contribution in [0.15, 0.2) is 18.3 Å². The zero-order valence-corrected chi connectivity index (χ0v) is 10.4. The fourth-order valence-electron chi connectivity index (χ4n) is 0.915. The lowest BCUT2D eigenvalue weighted by Gasteiger charge is -1.84. The molecule has 0 aliphatic heterocycles. The normalized spacial score (nSPS) is 10.4. The summed E-state index contributed by atoms with van der Waals surface area (Å²) in [6.07, 6.45) is 10.5. The molecule has 1 rings (SSSR count). The van der Waals surface area contributed by atoms with E-state index in [1.165, 1.54) is 5.22 Å². The van der Waals surface area contributed by atoms with Gasteiger partial charge in [-0.15, -0.1) is 12.3 Å². The van der Waals surface area contributed by atoms with Crippen LogP contribution in [0, 0.1) is 12.3 Å². The molecule has 1 nitrogen and oxygen atoms in total. The molecule has 0 fully saturated rings. The van der Waals surface area contributed by atoms with E-state index in [-0.39, 0.29) is 0 Å². The van der Waals surface area contributed by atoms with Gasteiger partial charge in [0, 0.05) is 6.20 Å². The molecule has 0 aliphatic rings. The predicted octanol–water partition coefficient (Wildman–Crippen LogP) is 2.35. The van der Waals surface area contributed by atoms with Gasteiger partial charge in [0.25, 0.3) is 0 Å². The summed E-state index contributed by atoms with van der Waals surface area (Å²) in [6.45, 7) is 9.67. The molecule has 0 aromatic carbocycles. The van der Waals surface area contributed by atoms with Crippen LogP contribution in [-0.2, 0) is 0 Å². The molecule has 0 N–H and O–H groups in total. The summed E-state index contributed by atoms with van der Waals surface area (Å²) in [5, 5.41) is 2.26. The van der Waals surface area contributed by atoms with Crippen molar-refractivity contribution in [2.45, 2.75) is 34.6 Å². The highest BCUT2D eigenvalue weighted by Crippen LogP contribution is 1.66. The largest absolute Gasteiger partial charge is 0.257 e. The van der Waals surface area contributed by atoms with Crippen LogP contribution in [0.2, 0.25) is 0 Å². The Morgan fingerprint density at radius 1 is 1.27 bits per heavy atom. The van der Waals surface area contributed by atoms with Gasteiger partial charge in [-0.25, -0.2) is 0 Å². The molecular weight excluding hydrogens is 182 g/mol. The Bertz CT molecular complexity index is 350. The van der Waals surface area contributed by atoms with Gasteiger partial charge in [0.2, 0.25) is 0 Å². The first kappa shape index (κ1) is 15.9. The molecule has 1 heteroatoms. The Balaban J connectivity index is 0. The fraction of sp³-hybridized carbons (Fsp3) is 0.357. The van der Waals surface area contributed by atoms with Crippen molar-refractivity contribution in [3.05, 3.63) is 28.9 Å². The van der Waals surface area contributed by atoms with Crippen molar-refractivity contribution in [1.82, 2.24) is 4.98 Å². The average Bonchev–Trinajstić information content (AvgIpc) is 2.32. The van der Waals surface area contributed by atoms with Crippen molar-refractivity contribution < 1.29 is 0 Å². The Kier molecular flexibility index (Phi) is 13.2.